The van der Waals surface area contributed by atoms with Crippen molar-refractivity contribution >= 4 is 38.0 Å². The van der Waals surface area contributed by atoms with Crippen LogP contribution in [0.1, 0.15) is 44.0 Å². The smallest absolute Gasteiger partial charge is 0.256 e. The molecule has 142 valence electrons. The van der Waals surface area contributed by atoms with Crippen LogP contribution >= 0.6 is 11.3 Å². The van der Waals surface area contributed by atoms with Gasteiger partial charge in [0, 0.05) is 16.5 Å². The highest BCUT2D eigenvalue weighted by atomic mass is 32.2. The fourth-order valence-electron chi connectivity index (χ4n) is 3.66. The van der Waals surface area contributed by atoms with Gasteiger partial charge in [-0.2, -0.15) is 0 Å². The van der Waals surface area contributed by atoms with Crippen molar-refractivity contribution in [2.75, 3.05) is 16.8 Å². The third-order valence-electron chi connectivity index (χ3n) is 4.98. The van der Waals surface area contributed by atoms with Gasteiger partial charge in [-0.15, -0.1) is 11.3 Å². The average Bonchev–Trinajstić information content (AvgIpc) is 3.29. The van der Waals surface area contributed by atoms with Crippen LogP contribution in [0.2, 0.25) is 0 Å². The zero-order valence-corrected chi connectivity index (χ0v) is 16.3. The Morgan fingerprint density at radius 1 is 1.07 bits per heavy atom. The highest BCUT2D eigenvalue weighted by Gasteiger charge is 2.32. The molecule has 4 rings (SSSR count). The van der Waals surface area contributed by atoms with E-state index >= 15 is 0 Å². The molecule has 0 spiro atoms. The summed E-state index contributed by atoms with van der Waals surface area (Å²) < 4.78 is 23.3. The molecule has 8 heteroatoms. The monoisotopic (exact) mass is 404 g/mol. The van der Waals surface area contributed by atoms with Gasteiger partial charge in [0.15, 0.2) is 9.84 Å². The molecule has 2 aliphatic rings. The lowest BCUT2D eigenvalue weighted by molar-refractivity contribution is 0.0941. The normalized spacial score (nSPS) is 20.2. The minimum Gasteiger partial charge on any atom is -0.348 e. The summed E-state index contributed by atoms with van der Waals surface area (Å²) >= 11 is 1.45. The summed E-state index contributed by atoms with van der Waals surface area (Å²) in [5.74, 6) is -0.457. The predicted molar refractivity (Wildman–Crippen MR) is 105 cm³/mol. The third kappa shape index (κ3) is 3.77. The van der Waals surface area contributed by atoms with Gasteiger partial charge < -0.3 is 10.6 Å². The Kier molecular flexibility index (Phi) is 4.77. The molecule has 2 amide bonds. The first-order valence-electron chi connectivity index (χ1n) is 8.95. The summed E-state index contributed by atoms with van der Waals surface area (Å²) in [5, 5.41) is 6.28. The number of sulfone groups is 1. The van der Waals surface area contributed by atoms with Gasteiger partial charge in [-0.05, 0) is 43.4 Å². The standard InChI is InChI=1S/C19H20N2O4S2/c22-17(12-5-2-1-3-6-12)21-19-16(14-7-4-8-15(14)26-19)18(23)20-13-9-10-27(24,25)11-13/h1-3,5-6,13H,4,7-11H2,(H,20,23)(H,21,22)/t13-/m1/s1. The lowest BCUT2D eigenvalue weighted by Crippen LogP contribution is -2.36. The van der Waals surface area contributed by atoms with Crippen LogP contribution in [0.5, 0.6) is 0 Å². The number of carbonyl (C=O) groups is 2. The first-order valence-corrected chi connectivity index (χ1v) is 11.6. The summed E-state index contributed by atoms with van der Waals surface area (Å²) in [6.45, 7) is 0. The van der Waals surface area contributed by atoms with Gasteiger partial charge in [-0.25, -0.2) is 8.42 Å². The second-order valence-corrected chi connectivity index (χ2v) is 10.3. The summed E-state index contributed by atoms with van der Waals surface area (Å²) in [4.78, 5) is 26.6. The zero-order valence-electron chi connectivity index (χ0n) is 14.7. The Morgan fingerprint density at radius 3 is 2.56 bits per heavy atom. The summed E-state index contributed by atoms with van der Waals surface area (Å²) in [6.07, 6.45) is 3.14. The molecule has 2 heterocycles. The molecule has 1 aromatic carbocycles. The van der Waals surface area contributed by atoms with Crippen LogP contribution in [-0.4, -0.2) is 37.8 Å². The van der Waals surface area contributed by atoms with E-state index in [1.807, 2.05) is 6.07 Å². The number of benzene rings is 1. The molecule has 2 N–H and O–H groups in total. The molecule has 1 atom stereocenters. The third-order valence-corrected chi connectivity index (χ3v) is 7.95. The van der Waals surface area contributed by atoms with E-state index < -0.39 is 9.84 Å². The molecule has 0 saturated carbocycles. The largest absolute Gasteiger partial charge is 0.348 e. The zero-order chi connectivity index (χ0) is 19.0. The van der Waals surface area contributed by atoms with Crippen molar-refractivity contribution in [3.05, 3.63) is 51.9 Å². The highest BCUT2D eigenvalue weighted by Crippen LogP contribution is 2.39. The van der Waals surface area contributed by atoms with Gasteiger partial charge in [0.1, 0.15) is 5.00 Å². The first-order chi connectivity index (χ1) is 12.9. The van der Waals surface area contributed by atoms with E-state index in [4.69, 9.17) is 0 Å². The van der Waals surface area contributed by atoms with E-state index in [-0.39, 0.29) is 29.4 Å². The second-order valence-electron chi connectivity index (χ2n) is 6.96. The van der Waals surface area contributed by atoms with E-state index in [0.717, 1.165) is 29.7 Å². The number of rotatable bonds is 4. The van der Waals surface area contributed by atoms with Crippen LogP contribution in [-0.2, 0) is 22.7 Å². The van der Waals surface area contributed by atoms with Crippen molar-refractivity contribution < 1.29 is 18.0 Å². The van der Waals surface area contributed by atoms with Gasteiger partial charge in [0.05, 0.1) is 17.1 Å². The Bertz CT molecular complexity index is 996. The van der Waals surface area contributed by atoms with E-state index in [1.165, 1.54) is 11.3 Å². The highest BCUT2D eigenvalue weighted by molar-refractivity contribution is 7.91. The maximum absolute atomic E-state index is 12.9. The molecule has 1 aromatic heterocycles. The molecule has 27 heavy (non-hydrogen) atoms. The van der Waals surface area contributed by atoms with E-state index in [1.54, 1.807) is 24.3 Å². The molecule has 1 fully saturated rings. The quantitative estimate of drug-likeness (QED) is 0.818. The number of nitrogens with one attached hydrogen (secondary N) is 2. The molecule has 2 aromatic rings. The fraction of sp³-hybridized carbons (Fsp3) is 0.368. The van der Waals surface area contributed by atoms with E-state index in [9.17, 15) is 18.0 Å². The van der Waals surface area contributed by atoms with E-state index in [0.29, 0.717) is 22.5 Å². The average molecular weight is 405 g/mol. The summed E-state index contributed by atoms with van der Waals surface area (Å²) in [6, 6.07) is 8.50. The molecule has 1 aliphatic carbocycles. The van der Waals surface area contributed by atoms with Gasteiger partial charge in [-0.3, -0.25) is 9.59 Å². The summed E-state index contributed by atoms with van der Waals surface area (Å²) in [7, 11) is -3.07. The van der Waals surface area contributed by atoms with Crippen molar-refractivity contribution in [3.63, 3.8) is 0 Å². The van der Waals surface area contributed by atoms with Gasteiger partial charge in [-0.1, -0.05) is 18.2 Å². The second kappa shape index (κ2) is 7.09. The number of hydrogen-bond acceptors (Lipinski definition) is 5. The van der Waals surface area contributed by atoms with Crippen molar-refractivity contribution in [2.45, 2.75) is 31.7 Å². The van der Waals surface area contributed by atoms with Crippen molar-refractivity contribution in [1.82, 2.24) is 5.32 Å². The molecule has 0 radical (unpaired) electrons. The van der Waals surface area contributed by atoms with E-state index in [2.05, 4.69) is 10.6 Å². The van der Waals surface area contributed by atoms with Gasteiger partial charge in [0.2, 0.25) is 0 Å². The SMILES string of the molecule is O=C(Nc1sc2c(c1C(=O)N[C@@H]1CCS(=O)(=O)C1)CCC2)c1ccccc1. The van der Waals surface area contributed by atoms with Crippen molar-refractivity contribution in [1.29, 1.82) is 0 Å². The first kappa shape index (κ1) is 18.2. The Balaban J connectivity index is 1.58. The minimum absolute atomic E-state index is 0.0171. The van der Waals surface area contributed by atoms with Crippen LogP contribution in [0.3, 0.4) is 0 Å². The number of aryl methyl sites for hydroxylation is 1. The number of thiophene rings is 1. The maximum atomic E-state index is 12.9. The number of fused-ring (bicyclic) bond motifs is 1. The maximum Gasteiger partial charge on any atom is 0.256 e. The topological polar surface area (TPSA) is 92.3 Å². The number of anilines is 1. The molecule has 1 aliphatic heterocycles. The lowest BCUT2D eigenvalue weighted by atomic mass is 10.1. The van der Waals surface area contributed by atoms with Crippen LogP contribution < -0.4 is 10.6 Å². The van der Waals surface area contributed by atoms with Crippen molar-refractivity contribution in [2.24, 2.45) is 0 Å². The minimum atomic E-state index is -3.07. The summed E-state index contributed by atoms with van der Waals surface area (Å²) in [5.41, 5.74) is 2.02. The Morgan fingerprint density at radius 2 is 1.85 bits per heavy atom. The molecule has 1 saturated heterocycles. The Hall–Kier alpha value is -2.19. The molecule has 0 unspecified atom stereocenters. The van der Waals surface area contributed by atoms with Gasteiger partial charge >= 0.3 is 0 Å². The van der Waals surface area contributed by atoms with Gasteiger partial charge in [0.25, 0.3) is 11.8 Å². The number of amides is 2. The molecular weight excluding hydrogens is 384 g/mol. The number of carbonyl (C=O) groups excluding carboxylic acids is 2. The Labute approximate surface area is 161 Å². The number of hydrogen-bond donors (Lipinski definition) is 2. The van der Waals surface area contributed by atoms with Crippen molar-refractivity contribution in [3.8, 4) is 0 Å². The van der Waals surface area contributed by atoms with Crippen LogP contribution in [0, 0.1) is 0 Å². The van der Waals surface area contributed by atoms with Crippen LogP contribution in [0.25, 0.3) is 0 Å². The fourth-order valence-corrected chi connectivity index (χ4v) is 6.62. The molecular formula is C19H20N2O4S2. The van der Waals surface area contributed by atoms with Crippen LogP contribution in [0.15, 0.2) is 30.3 Å². The predicted octanol–water partition coefficient (Wildman–Crippen LogP) is 2.41. The molecule has 0 bridgehead atoms. The molecule has 6 nitrogen and oxygen atoms in total. The lowest BCUT2D eigenvalue weighted by Gasteiger charge is -2.13. The van der Waals surface area contributed by atoms with Crippen LogP contribution in [0.4, 0.5) is 5.00 Å².